The van der Waals surface area contributed by atoms with Crippen molar-refractivity contribution < 1.29 is 27.4 Å². The van der Waals surface area contributed by atoms with Crippen molar-refractivity contribution in [1.29, 1.82) is 0 Å². The Hall–Kier alpha value is -3.29. The highest BCUT2D eigenvalue weighted by molar-refractivity contribution is 14.1. The second-order valence-corrected chi connectivity index (χ2v) is 9.03. The van der Waals surface area contributed by atoms with Gasteiger partial charge >= 0.3 is 6.36 Å². The van der Waals surface area contributed by atoms with Crippen LogP contribution in [0, 0.1) is 3.70 Å². The van der Waals surface area contributed by atoms with Crippen molar-refractivity contribution in [2.45, 2.75) is 25.4 Å². The minimum Gasteiger partial charge on any atom is -0.489 e. The van der Waals surface area contributed by atoms with E-state index in [0.29, 0.717) is 36.2 Å². The summed E-state index contributed by atoms with van der Waals surface area (Å²) in [5.74, 6) is 0.379. The van der Waals surface area contributed by atoms with Crippen LogP contribution in [0.2, 0.25) is 0 Å². The first kappa shape index (κ1) is 22.5. The summed E-state index contributed by atoms with van der Waals surface area (Å²) in [6.07, 6.45) is -1.11. The second kappa shape index (κ2) is 8.49. The number of rotatable bonds is 6. The van der Waals surface area contributed by atoms with Crippen LogP contribution >= 0.6 is 22.6 Å². The predicted octanol–water partition coefficient (Wildman–Crippen LogP) is 4.86. The number of imidazole rings is 1. The molecule has 12 heteroatoms. The summed E-state index contributed by atoms with van der Waals surface area (Å²) < 4.78 is 57.1. The van der Waals surface area contributed by atoms with Gasteiger partial charge in [0.25, 0.3) is 6.01 Å². The van der Waals surface area contributed by atoms with Crippen LogP contribution in [0.4, 0.5) is 13.2 Å². The van der Waals surface area contributed by atoms with E-state index in [-0.39, 0.29) is 5.75 Å². The van der Waals surface area contributed by atoms with Crippen LogP contribution in [-0.2, 0) is 6.54 Å². The Labute approximate surface area is 205 Å². The fraction of sp³-hybridized carbons (Fsp3) is 0.227. The molecule has 176 valence electrons. The van der Waals surface area contributed by atoms with Crippen LogP contribution in [0.1, 0.15) is 6.92 Å². The molecular weight excluding hydrogens is 566 g/mol. The minimum atomic E-state index is -4.73. The van der Waals surface area contributed by atoms with Gasteiger partial charge < -0.3 is 14.2 Å². The van der Waals surface area contributed by atoms with Crippen molar-refractivity contribution in [3.05, 3.63) is 64.6 Å². The van der Waals surface area contributed by atoms with Gasteiger partial charge in [0, 0.05) is 11.8 Å². The molecule has 1 atom stereocenters. The molecule has 2 aromatic heterocycles. The molecule has 0 fully saturated rings. The number of hydrogen-bond acceptors (Lipinski definition) is 6. The Kier molecular flexibility index (Phi) is 5.62. The van der Waals surface area contributed by atoms with Crippen molar-refractivity contribution in [2.24, 2.45) is 0 Å². The van der Waals surface area contributed by atoms with Crippen molar-refractivity contribution in [3.8, 4) is 34.5 Å². The molecule has 0 N–H and O–H groups in total. The van der Waals surface area contributed by atoms with Crippen molar-refractivity contribution in [1.82, 2.24) is 24.5 Å². The van der Waals surface area contributed by atoms with E-state index < -0.39 is 12.0 Å². The summed E-state index contributed by atoms with van der Waals surface area (Å²) in [6.45, 7) is 2.98. The van der Waals surface area contributed by atoms with Crippen molar-refractivity contribution in [3.63, 3.8) is 0 Å². The van der Waals surface area contributed by atoms with Gasteiger partial charge in [0.05, 0.1) is 18.4 Å². The van der Waals surface area contributed by atoms with Crippen LogP contribution in [0.3, 0.4) is 0 Å². The molecule has 2 aromatic carbocycles. The molecule has 1 aliphatic rings. The normalized spacial score (nSPS) is 17.3. The van der Waals surface area contributed by atoms with E-state index in [4.69, 9.17) is 9.47 Å². The molecule has 1 aliphatic heterocycles. The molecule has 8 nitrogen and oxygen atoms in total. The molecule has 0 radical (unpaired) electrons. The standard InChI is InChI=1S/C22H17F3IN5O3/c1-21(12-30-11-19(26)27-20(30)34-21)13-32-16-8-4-15(5-9-16)31-10-18(28-29-31)14-2-6-17(7-3-14)33-22(23,24)25/h2-11H,12-13H2,1H3/t21-/m1/s1. The van der Waals surface area contributed by atoms with E-state index in [2.05, 4.69) is 42.6 Å². The molecule has 3 heterocycles. The Morgan fingerprint density at radius 2 is 1.76 bits per heavy atom. The third kappa shape index (κ3) is 4.95. The van der Waals surface area contributed by atoms with Crippen LogP contribution < -0.4 is 14.2 Å². The lowest BCUT2D eigenvalue weighted by Gasteiger charge is -2.22. The van der Waals surface area contributed by atoms with Gasteiger partial charge in [0.2, 0.25) is 0 Å². The summed E-state index contributed by atoms with van der Waals surface area (Å²) in [4.78, 5) is 4.33. The second-order valence-electron chi connectivity index (χ2n) is 7.93. The van der Waals surface area contributed by atoms with Gasteiger partial charge in [-0.3, -0.25) is 4.57 Å². The van der Waals surface area contributed by atoms with Crippen LogP contribution in [0.15, 0.2) is 60.9 Å². The van der Waals surface area contributed by atoms with E-state index in [9.17, 15) is 13.2 Å². The number of halogens is 4. The predicted molar refractivity (Wildman–Crippen MR) is 123 cm³/mol. The number of nitrogens with zero attached hydrogens (tertiary/aromatic N) is 5. The first-order valence-corrected chi connectivity index (χ1v) is 11.2. The van der Waals surface area contributed by atoms with Crippen LogP contribution in [-0.4, -0.2) is 43.1 Å². The molecular formula is C22H17F3IN5O3. The zero-order valence-corrected chi connectivity index (χ0v) is 19.8. The fourth-order valence-corrected chi connectivity index (χ4v) is 4.07. The van der Waals surface area contributed by atoms with Gasteiger partial charge in [-0.2, -0.15) is 4.98 Å². The smallest absolute Gasteiger partial charge is 0.489 e. The maximum atomic E-state index is 12.3. The summed E-state index contributed by atoms with van der Waals surface area (Å²) in [5, 5.41) is 8.20. The number of fused-ring (bicyclic) bond motifs is 1. The van der Waals surface area contributed by atoms with E-state index >= 15 is 0 Å². The topological polar surface area (TPSA) is 76.2 Å². The number of alkyl halides is 3. The van der Waals surface area contributed by atoms with E-state index in [0.717, 1.165) is 9.39 Å². The Balaban J connectivity index is 1.21. The molecule has 5 rings (SSSR count). The number of benzene rings is 2. The Bertz CT molecular complexity index is 1280. The molecule has 0 aliphatic carbocycles. The first-order chi connectivity index (χ1) is 16.2. The average molecular weight is 583 g/mol. The molecule has 4 aromatic rings. The largest absolute Gasteiger partial charge is 0.573 e. The van der Waals surface area contributed by atoms with Crippen LogP contribution in [0.25, 0.3) is 16.9 Å². The molecule has 0 saturated carbocycles. The maximum absolute atomic E-state index is 12.3. The molecule has 0 amide bonds. The molecule has 34 heavy (non-hydrogen) atoms. The minimum absolute atomic E-state index is 0.296. The SMILES string of the molecule is C[C@]1(COc2ccc(-n3cc(-c4ccc(OC(F)(F)F)cc4)nn3)cc2)Cn2cc(I)nc2O1. The van der Waals surface area contributed by atoms with Gasteiger partial charge in [-0.25, -0.2) is 4.68 Å². The average Bonchev–Trinajstić information content (AvgIpc) is 3.46. The van der Waals surface area contributed by atoms with Gasteiger partial charge in [-0.15, -0.1) is 18.3 Å². The zero-order valence-electron chi connectivity index (χ0n) is 17.7. The van der Waals surface area contributed by atoms with E-state index in [1.54, 1.807) is 10.9 Å². The third-order valence-electron chi connectivity index (χ3n) is 5.08. The molecule has 0 spiro atoms. The van der Waals surface area contributed by atoms with Gasteiger partial charge in [0.1, 0.15) is 27.5 Å². The number of ether oxygens (including phenoxy) is 3. The fourth-order valence-electron chi connectivity index (χ4n) is 3.53. The van der Waals surface area contributed by atoms with Gasteiger partial charge in [-0.05, 0) is 78.0 Å². The summed E-state index contributed by atoms with van der Waals surface area (Å²) >= 11 is 2.15. The Morgan fingerprint density at radius 3 is 2.44 bits per heavy atom. The number of hydrogen-bond donors (Lipinski definition) is 0. The highest BCUT2D eigenvalue weighted by Gasteiger charge is 2.37. The molecule has 0 saturated heterocycles. The summed E-state index contributed by atoms with van der Waals surface area (Å²) in [7, 11) is 0. The maximum Gasteiger partial charge on any atom is 0.573 e. The van der Waals surface area contributed by atoms with Crippen molar-refractivity contribution >= 4 is 22.6 Å². The highest BCUT2D eigenvalue weighted by Crippen LogP contribution is 2.30. The quantitative estimate of drug-likeness (QED) is 0.302. The molecule has 0 bridgehead atoms. The van der Waals surface area contributed by atoms with Crippen LogP contribution in [0.5, 0.6) is 17.5 Å². The lowest BCUT2D eigenvalue weighted by molar-refractivity contribution is -0.274. The van der Waals surface area contributed by atoms with Gasteiger partial charge in [0.15, 0.2) is 5.60 Å². The zero-order chi connectivity index (χ0) is 23.9. The highest BCUT2D eigenvalue weighted by atomic mass is 127. The van der Waals surface area contributed by atoms with Crippen molar-refractivity contribution in [2.75, 3.05) is 6.61 Å². The van der Waals surface area contributed by atoms with Gasteiger partial charge in [-0.1, -0.05) is 5.21 Å². The summed E-state index contributed by atoms with van der Waals surface area (Å²) in [6, 6.07) is 13.3. The molecule has 0 unspecified atom stereocenters. The van der Waals surface area contributed by atoms with E-state index in [1.807, 2.05) is 42.0 Å². The lowest BCUT2D eigenvalue weighted by atomic mass is 10.1. The summed E-state index contributed by atoms with van der Waals surface area (Å²) in [5.41, 5.74) is 1.37. The number of aromatic nitrogens is 5. The van der Waals surface area contributed by atoms with E-state index in [1.165, 1.54) is 24.3 Å². The first-order valence-electron chi connectivity index (χ1n) is 10.1. The lowest BCUT2D eigenvalue weighted by Crippen LogP contribution is -2.38. The Morgan fingerprint density at radius 1 is 1.06 bits per heavy atom. The third-order valence-corrected chi connectivity index (χ3v) is 5.60. The monoisotopic (exact) mass is 583 g/mol.